The Morgan fingerprint density at radius 2 is 2.09 bits per heavy atom. The highest BCUT2D eigenvalue weighted by Crippen LogP contribution is 2.29. The quantitative estimate of drug-likeness (QED) is 0.592. The van der Waals surface area contributed by atoms with Gasteiger partial charge in [0.25, 0.3) is 0 Å². The Labute approximate surface area is 71.8 Å². The SMILES string of the molecule is CN(C)C(=O)C1=C(Cl)CCC1. The first-order valence-electron chi connectivity index (χ1n) is 3.72. The van der Waals surface area contributed by atoms with Crippen molar-refractivity contribution in [1.29, 1.82) is 0 Å². The maximum atomic E-state index is 11.3. The molecule has 0 saturated heterocycles. The molecule has 0 aliphatic heterocycles. The lowest BCUT2D eigenvalue weighted by atomic mass is 10.2. The minimum atomic E-state index is 0.0625. The van der Waals surface area contributed by atoms with Crippen molar-refractivity contribution in [2.24, 2.45) is 0 Å². The standard InChI is InChI=1S/C8H12ClNO/c1-10(2)8(11)6-4-3-5-7(6)9/h3-5H2,1-2H3. The number of hydrogen-bond donors (Lipinski definition) is 0. The number of nitrogens with zero attached hydrogens (tertiary/aromatic N) is 1. The molecule has 0 aromatic rings. The summed E-state index contributed by atoms with van der Waals surface area (Å²) in [5, 5.41) is 0.753. The monoisotopic (exact) mass is 173 g/mol. The average Bonchev–Trinajstić information content (AvgIpc) is 2.33. The molecule has 1 rings (SSSR count). The van der Waals surface area contributed by atoms with Crippen molar-refractivity contribution in [1.82, 2.24) is 4.90 Å². The van der Waals surface area contributed by atoms with E-state index in [1.165, 1.54) is 0 Å². The number of amides is 1. The lowest BCUT2D eigenvalue weighted by molar-refractivity contribution is -0.124. The topological polar surface area (TPSA) is 20.3 Å². The summed E-state index contributed by atoms with van der Waals surface area (Å²) in [7, 11) is 3.50. The number of carbonyl (C=O) groups excluding carboxylic acids is 1. The summed E-state index contributed by atoms with van der Waals surface area (Å²) in [6.07, 6.45) is 2.74. The molecule has 3 heteroatoms. The van der Waals surface area contributed by atoms with Crippen LogP contribution in [0.4, 0.5) is 0 Å². The molecule has 1 amide bonds. The van der Waals surface area contributed by atoms with E-state index >= 15 is 0 Å². The van der Waals surface area contributed by atoms with Gasteiger partial charge in [-0.15, -0.1) is 0 Å². The fraction of sp³-hybridized carbons (Fsp3) is 0.625. The van der Waals surface area contributed by atoms with Crippen LogP contribution in [0.3, 0.4) is 0 Å². The molecule has 62 valence electrons. The molecular formula is C8H12ClNO. The van der Waals surface area contributed by atoms with Crippen molar-refractivity contribution in [3.8, 4) is 0 Å². The van der Waals surface area contributed by atoms with Gasteiger partial charge in [-0.1, -0.05) is 11.6 Å². The van der Waals surface area contributed by atoms with Crippen molar-refractivity contribution in [2.75, 3.05) is 14.1 Å². The van der Waals surface area contributed by atoms with E-state index in [4.69, 9.17) is 11.6 Å². The van der Waals surface area contributed by atoms with Gasteiger partial charge in [0.05, 0.1) is 0 Å². The smallest absolute Gasteiger partial charge is 0.250 e. The molecule has 1 aliphatic rings. The van der Waals surface area contributed by atoms with Crippen LogP contribution in [0.2, 0.25) is 0 Å². The Kier molecular flexibility index (Phi) is 2.55. The highest BCUT2D eigenvalue weighted by molar-refractivity contribution is 6.32. The maximum absolute atomic E-state index is 11.3. The molecule has 0 atom stereocenters. The second kappa shape index (κ2) is 3.26. The average molecular weight is 174 g/mol. The second-order valence-electron chi connectivity index (χ2n) is 2.94. The first kappa shape index (κ1) is 8.60. The van der Waals surface area contributed by atoms with Gasteiger partial charge < -0.3 is 4.90 Å². The first-order valence-corrected chi connectivity index (χ1v) is 4.10. The lowest BCUT2D eigenvalue weighted by Gasteiger charge is -2.10. The van der Waals surface area contributed by atoms with E-state index in [1.54, 1.807) is 19.0 Å². The summed E-state index contributed by atoms with van der Waals surface area (Å²) in [5.74, 6) is 0.0625. The van der Waals surface area contributed by atoms with E-state index in [2.05, 4.69) is 0 Å². The van der Waals surface area contributed by atoms with Gasteiger partial charge in [-0.25, -0.2) is 0 Å². The van der Waals surface area contributed by atoms with Crippen LogP contribution in [0.1, 0.15) is 19.3 Å². The summed E-state index contributed by atoms with van der Waals surface area (Å²) in [6, 6.07) is 0. The molecule has 0 heterocycles. The summed E-state index contributed by atoms with van der Waals surface area (Å²) in [6.45, 7) is 0. The Hall–Kier alpha value is -0.500. The summed E-state index contributed by atoms with van der Waals surface area (Å²) >= 11 is 5.85. The molecule has 2 nitrogen and oxygen atoms in total. The first-order chi connectivity index (χ1) is 5.13. The predicted octanol–water partition coefficient (Wildman–Crippen LogP) is 1.75. The van der Waals surface area contributed by atoms with Gasteiger partial charge in [0, 0.05) is 24.7 Å². The van der Waals surface area contributed by atoms with Crippen LogP contribution in [-0.4, -0.2) is 24.9 Å². The van der Waals surface area contributed by atoms with Gasteiger partial charge in [0.1, 0.15) is 0 Å². The zero-order valence-electron chi connectivity index (χ0n) is 6.85. The van der Waals surface area contributed by atoms with E-state index in [0.29, 0.717) is 0 Å². The summed E-state index contributed by atoms with van der Waals surface area (Å²) in [4.78, 5) is 12.9. The Morgan fingerprint density at radius 1 is 1.45 bits per heavy atom. The third kappa shape index (κ3) is 1.74. The number of allylic oxidation sites excluding steroid dienone is 1. The normalized spacial score (nSPS) is 17.4. The van der Waals surface area contributed by atoms with E-state index in [-0.39, 0.29) is 5.91 Å². The van der Waals surface area contributed by atoms with E-state index in [9.17, 15) is 4.79 Å². The highest BCUT2D eigenvalue weighted by Gasteiger charge is 2.20. The summed E-state index contributed by atoms with van der Waals surface area (Å²) in [5.41, 5.74) is 0.802. The molecule has 0 aromatic heterocycles. The van der Waals surface area contributed by atoms with Crippen molar-refractivity contribution in [3.05, 3.63) is 10.6 Å². The van der Waals surface area contributed by atoms with Crippen molar-refractivity contribution in [3.63, 3.8) is 0 Å². The number of carbonyl (C=O) groups is 1. The van der Waals surface area contributed by atoms with Crippen LogP contribution in [0, 0.1) is 0 Å². The number of rotatable bonds is 1. The Balaban J connectivity index is 2.74. The number of likely N-dealkylation sites (N-methyl/N-ethyl adjacent to an activating group) is 1. The molecule has 0 fully saturated rings. The van der Waals surface area contributed by atoms with Crippen LogP contribution < -0.4 is 0 Å². The van der Waals surface area contributed by atoms with Crippen LogP contribution in [-0.2, 0) is 4.79 Å². The van der Waals surface area contributed by atoms with Crippen LogP contribution in [0.5, 0.6) is 0 Å². The van der Waals surface area contributed by atoms with Crippen molar-refractivity contribution < 1.29 is 4.79 Å². The lowest BCUT2D eigenvalue weighted by Crippen LogP contribution is -2.23. The number of hydrogen-bond acceptors (Lipinski definition) is 1. The van der Waals surface area contributed by atoms with Gasteiger partial charge in [0.2, 0.25) is 5.91 Å². The van der Waals surface area contributed by atoms with E-state index < -0.39 is 0 Å². The second-order valence-corrected chi connectivity index (χ2v) is 3.39. The van der Waals surface area contributed by atoms with Crippen LogP contribution in [0.15, 0.2) is 10.6 Å². The third-order valence-electron chi connectivity index (χ3n) is 1.81. The van der Waals surface area contributed by atoms with Gasteiger partial charge in [-0.05, 0) is 19.3 Å². The zero-order chi connectivity index (χ0) is 8.43. The fourth-order valence-electron chi connectivity index (χ4n) is 1.20. The molecule has 0 aromatic carbocycles. The zero-order valence-corrected chi connectivity index (χ0v) is 7.61. The largest absolute Gasteiger partial charge is 0.345 e. The van der Waals surface area contributed by atoms with Gasteiger partial charge in [-0.2, -0.15) is 0 Å². The van der Waals surface area contributed by atoms with E-state index in [0.717, 1.165) is 29.9 Å². The van der Waals surface area contributed by atoms with Crippen molar-refractivity contribution >= 4 is 17.5 Å². The molecule has 11 heavy (non-hydrogen) atoms. The third-order valence-corrected chi connectivity index (χ3v) is 2.23. The molecule has 0 bridgehead atoms. The van der Waals surface area contributed by atoms with E-state index in [1.807, 2.05) is 0 Å². The molecule has 0 N–H and O–H groups in total. The fourth-order valence-corrected chi connectivity index (χ4v) is 1.51. The molecular weight excluding hydrogens is 162 g/mol. The summed E-state index contributed by atoms with van der Waals surface area (Å²) < 4.78 is 0. The molecule has 0 radical (unpaired) electrons. The Morgan fingerprint density at radius 3 is 2.45 bits per heavy atom. The minimum Gasteiger partial charge on any atom is -0.345 e. The maximum Gasteiger partial charge on any atom is 0.250 e. The Bertz CT molecular complexity index is 208. The minimum absolute atomic E-state index is 0.0625. The van der Waals surface area contributed by atoms with Gasteiger partial charge in [0.15, 0.2) is 0 Å². The van der Waals surface area contributed by atoms with Crippen molar-refractivity contribution in [2.45, 2.75) is 19.3 Å². The molecule has 0 saturated carbocycles. The molecule has 0 unspecified atom stereocenters. The van der Waals surface area contributed by atoms with Gasteiger partial charge >= 0.3 is 0 Å². The number of halogens is 1. The molecule has 0 spiro atoms. The molecule has 1 aliphatic carbocycles. The highest BCUT2D eigenvalue weighted by atomic mass is 35.5. The predicted molar refractivity (Wildman–Crippen MR) is 45.4 cm³/mol. The van der Waals surface area contributed by atoms with Gasteiger partial charge in [-0.3, -0.25) is 4.79 Å². The van der Waals surface area contributed by atoms with Crippen LogP contribution in [0.25, 0.3) is 0 Å². The van der Waals surface area contributed by atoms with Crippen LogP contribution >= 0.6 is 11.6 Å².